The van der Waals surface area contributed by atoms with E-state index in [0.29, 0.717) is 5.56 Å². The van der Waals surface area contributed by atoms with Gasteiger partial charge in [-0.25, -0.2) is 8.78 Å². The molecule has 0 aliphatic rings. The van der Waals surface area contributed by atoms with Gasteiger partial charge in [0.2, 0.25) is 5.89 Å². The third-order valence-electron chi connectivity index (χ3n) is 2.44. The minimum atomic E-state index is -2.71. The Bertz CT molecular complexity index is 678. The minimum Gasteiger partial charge on any atom is -0.402 e. The molecule has 0 aliphatic carbocycles. The second-order valence-corrected chi connectivity index (χ2v) is 3.64. The zero-order chi connectivity index (χ0) is 13.2. The molecule has 0 saturated carbocycles. The summed E-state index contributed by atoms with van der Waals surface area (Å²) in [5.41, 5.74) is 0.291. The quantitative estimate of drug-likeness (QED) is 0.727. The summed E-state index contributed by atoms with van der Waals surface area (Å²) < 4.78 is 31.6. The van der Waals surface area contributed by atoms with Crippen molar-refractivity contribution in [3.8, 4) is 17.5 Å². The third-order valence-corrected chi connectivity index (χ3v) is 2.44. The van der Waals surface area contributed by atoms with Crippen LogP contribution in [0.25, 0.3) is 17.5 Å². The summed E-state index contributed by atoms with van der Waals surface area (Å²) in [6.45, 7) is 0. The largest absolute Gasteiger partial charge is 0.402 e. The van der Waals surface area contributed by atoms with Crippen molar-refractivity contribution in [2.75, 3.05) is 0 Å². The standard InChI is InChI=1S/C12H7F2N4O/c13-10(14)9-6-7-15-18(9)12-17-16-11(19-12)8-4-2-1-3-5-8/h1-5,7,10H. The molecule has 5 nitrogen and oxygen atoms in total. The Balaban J connectivity index is 2.00. The number of hydrogen-bond donors (Lipinski definition) is 0. The van der Waals surface area contributed by atoms with Crippen LogP contribution >= 0.6 is 0 Å². The number of benzene rings is 1. The molecular weight excluding hydrogens is 254 g/mol. The van der Waals surface area contributed by atoms with Gasteiger partial charge >= 0.3 is 6.01 Å². The van der Waals surface area contributed by atoms with Gasteiger partial charge in [-0.15, -0.1) is 5.10 Å². The van der Waals surface area contributed by atoms with E-state index < -0.39 is 12.1 Å². The van der Waals surface area contributed by atoms with Crippen LogP contribution in [0.1, 0.15) is 12.1 Å². The maximum absolute atomic E-state index is 12.7. The average molecular weight is 261 g/mol. The Labute approximate surface area is 106 Å². The normalized spacial score (nSPS) is 11.1. The van der Waals surface area contributed by atoms with E-state index in [1.165, 1.54) is 0 Å². The van der Waals surface area contributed by atoms with Gasteiger partial charge in [-0.1, -0.05) is 23.3 Å². The Morgan fingerprint density at radius 2 is 1.95 bits per heavy atom. The number of nitrogens with zero attached hydrogens (tertiary/aromatic N) is 4. The highest BCUT2D eigenvalue weighted by atomic mass is 19.3. The highest BCUT2D eigenvalue weighted by molar-refractivity contribution is 5.52. The molecular formula is C12H7F2N4O. The third kappa shape index (κ3) is 2.10. The molecule has 19 heavy (non-hydrogen) atoms. The first-order chi connectivity index (χ1) is 9.25. The van der Waals surface area contributed by atoms with Gasteiger partial charge in [0.1, 0.15) is 5.69 Å². The molecule has 95 valence electrons. The second kappa shape index (κ2) is 4.60. The van der Waals surface area contributed by atoms with Crippen molar-refractivity contribution in [1.29, 1.82) is 0 Å². The lowest BCUT2D eigenvalue weighted by Gasteiger charge is -1.99. The van der Waals surface area contributed by atoms with Crippen LogP contribution in [0.15, 0.2) is 40.9 Å². The Hall–Kier alpha value is -2.57. The van der Waals surface area contributed by atoms with Crippen LogP contribution in [0.3, 0.4) is 0 Å². The molecule has 1 aromatic carbocycles. The van der Waals surface area contributed by atoms with Gasteiger partial charge in [0.15, 0.2) is 0 Å². The fourth-order valence-electron chi connectivity index (χ4n) is 1.58. The first kappa shape index (κ1) is 11.5. The number of halogens is 2. The minimum absolute atomic E-state index is 0.115. The van der Waals surface area contributed by atoms with E-state index in [0.717, 1.165) is 10.9 Å². The highest BCUT2D eigenvalue weighted by Crippen LogP contribution is 2.23. The fraction of sp³-hybridized carbons (Fsp3) is 0.0833. The van der Waals surface area contributed by atoms with E-state index in [4.69, 9.17) is 4.42 Å². The first-order valence-corrected chi connectivity index (χ1v) is 5.39. The predicted octanol–water partition coefficient (Wildman–Crippen LogP) is 2.66. The maximum Gasteiger partial charge on any atom is 0.344 e. The molecule has 0 aliphatic heterocycles. The molecule has 0 bridgehead atoms. The molecule has 3 rings (SSSR count). The zero-order valence-corrected chi connectivity index (χ0v) is 9.49. The molecule has 2 aromatic heterocycles. The Morgan fingerprint density at radius 3 is 2.68 bits per heavy atom. The molecule has 0 unspecified atom stereocenters. The highest BCUT2D eigenvalue weighted by Gasteiger charge is 2.19. The van der Waals surface area contributed by atoms with Gasteiger partial charge in [-0.3, -0.25) is 0 Å². The van der Waals surface area contributed by atoms with E-state index in [2.05, 4.69) is 21.4 Å². The molecule has 0 N–H and O–H groups in total. The number of hydrogen-bond acceptors (Lipinski definition) is 4. The van der Waals surface area contributed by atoms with Crippen molar-refractivity contribution in [1.82, 2.24) is 20.0 Å². The summed E-state index contributed by atoms with van der Waals surface area (Å²) >= 11 is 0. The topological polar surface area (TPSA) is 56.7 Å². The van der Waals surface area contributed by atoms with E-state index in [1.807, 2.05) is 18.2 Å². The van der Waals surface area contributed by atoms with E-state index in [9.17, 15) is 8.78 Å². The molecule has 1 radical (unpaired) electrons. The van der Waals surface area contributed by atoms with E-state index in [-0.39, 0.29) is 11.9 Å². The van der Waals surface area contributed by atoms with Gasteiger partial charge in [-0.2, -0.15) is 9.78 Å². The smallest absolute Gasteiger partial charge is 0.344 e. The van der Waals surface area contributed by atoms with E-state index in [1.54, 1.807) is 12.1 Å². The summed E-state index contributed by atoms with van der Waals surface area (Å²) in [4.78, 5) is 0. The van der Waals surface area contributed by atoms with Gasteiger partial charge in [0.25, 0.3) is 6.43 Å². The van der Waals surface area contributed by atoms with Gasteiger partial charge in [0.05, 0.1) is 6.20 Å². The molecule has 2 heterocycles. The second-order valence-electron chi connectivity index (χ2n) is 3.64. The average Bonchev–Trinajstić information content (AvgIpc) is 3.08. The van der Waals surface area contributed by atoms with Crippen LogP contribution in [0.4, 0.5) is 8.78 Å². The molecule has 7 heteroatoms. The van der Waals surface area contributed by atoms with E-state index >= 15 is 0 Å². The molecule has 0 spiro atoms. The van der Waals surface area contributed by atoms with Crippen molar-refractivity contribution in [2.24, 2.45) is 0 Å². The number of alkyl halides is 2. The number of aromatic nitrogens is 4. The molecule has 0 fully saturated rings. The van der Waals surface area contributed by atoms with Crippen molar-refractivity contribution < 1.29 is 13.2 Å². The summed E-state index contributed by atoms with van der Waals surface area (Å²) in [5.74, 6) is 0.242. The molecule has 0 amide bonds. The van der Waals surface area contributed by atoms with Gasteiger partial charge < -0.3 is 4.42 Å². The van der Waals surface area contributed by atoms with Crippen LogP contribution in [0.2, 0.25) is 0 Å². The Kier molecular flexibility index (Phi) is 2.79. The van der Waals surface area contributed by atoms with Crippen LogP contribution in [-0.2, 0) is 0 Å². The van der Waals surface area contributed by atoms with Crippen LogP contribution < -0.4 is 0 Å². The lowest BCUT2D eigenvalue weighted by molar-refractivity contribution is 0.141. The summed E-state index contributed by atoms with van der Waals surface area (Å²) in [7, 11) is 0. The van der Waals surface area contributed by atoms with Crippen LogP contribution in [0, 0.1) is 6.07 Å². The summed E-state index contributed by atoms with van der Waals surface area (Å²) in [5, 5.41) is 11.2. The molecule has 0 atom stereocenters. The van der Waals surface area contributed by atoms with Crippen molar-refractivity contribution in [3.63, 3.8) is 0 Å². The van der Waals surface area contributed by atoms with Crippen molar-refractivity contribution in [3.05, 3.63) is 48.3 Å². The molecule has 3 aromatic rings. The Morgan fingerprint density at radius 1 is 1.16 bits per heavy atom. The van der Waals surface area contributed by atoms with Crippen LogP contribution in [-0.4, -0.2) is 20.0 Å². The van der Waals surface area contributed by atoms with Gasteiger partial charge in [-0.05, 0) is 12.1 Å². The van der Waals surface area contributed by atoms with Crippen molar-refractivity contribution in [2.45, 2.75) is 6.43 Å². The van der Waals surface area contributed by atoms with Crippen LogP contribution in [0.5, 0.6) is 0 Å². The summed E-state index contributed by atoms with van der Waals surface area (Å²) in [6, 6.07) is 11.2. The van der Waals surface area contributed by atoms with Crippen molar-refractivity contribution >= 4 is 0 Å². The van der Waals surface area contributed by atoms with Gasteiger partial charge in [0, 0.05) is 11.6 Å². The lowest BCUT2D eigenvalue weighted by atomic mass is 10.2. The predicted molar refractivity (Wildman–Crippen MR) is 60.6 cm³/mol. The fourth-order valence-corrected chi connectivity index (χ4v) is 1.58. The zero-order valence-electron chi connectivity index (χ0n) is 9.49. The maximum atomic E-state index is 12.7. The molecule has 0 saturated heterocycles. The summed E-state index contributed by atoms with van der Waals surface area (Å²) in [6.07, 6.45) is -1.58. The lowest BCUT2D eigenvalue weighted by Crippen LogP contribution is -2.02. The first-order valence-electron chi connectivity index (χ1n) is 5.39. The monoisotopic (exact) mass is 261 g/mol. The number of rotatable bonds is 3. The SMILES string of the molecule is FC(F)c1[c]cnn1-c1nnc(-c2ccccc2)o1.